The zero-order chi connectivity index (χ0) is 16.7. The highest BCUT2D eigenvalue weighted by molar-refractivity contribution is 7.99. The topological polar surface area (TPSA) is 41.5 Å². The molecular formula is C18H19ClN2OS. The van der Waals surface area contributed by atoms with Crippen LogP contribution in [0.3, 0.4) is 0 Å². The van der Waals surface area contributed by atoms with Crippen LogP contribution in [-0.2, 0) is 4.79 Å². The van der Waals surface area contributed by atoms with Gasteiger partial charge in [-0.25, -0.2) is 5.43 Å². The third-order valence-electron chi connectivity index (χ3n) is 3.23. The molecule has 0 aromatic heterocycles. The van der Waals surface area contributed by atoms with E-state index in [9.17, 15) is 4.79 Å². The van der Waals surface area contributed by atoms with Crippen LogP contribution in [0.5, 0.6) is 0 Å². The first kappa shape index (κ1) is 17.6. The minimum Gasteiger partial charge on any atom is -0.273 e. The second-order valence-corrected chi connectivity index (χ2v) is 6.76. The number of amides is 1. The highest BCUT2D eigenvalue weighted by Gasteiger charge is 2.02. The molecule has 0 aliphatic rings. The monoisotopic (exact) mass is 346 g/mol. The van der Waals surface area contributed by atoms with Gasteiger partial charge < -0.3 is 0 Å². The third kappa shape index (κ3) is 6.08. The molecule has 0 spiro atoms. The van der Waals surface area contributed by atoms with E-state index in [-0.39, 0.29) is 5.91 Å². The summed E-state index contributed by atoms with van der Waals surface area (Å²) in [5, 5.41) is 4.87. The van der Waals surface area contributed by atoms with Crippen molar-refractivity contribution >= 4 is 35.0 Å². The molecule has 0 heterocycles. The Hall–Kier alpha value is -1.78. The Morgan fingerprint density at radius 1 is 1.13 bits per heavy atom. The third-order valence-corrected chi connectivity index (χ3v) is 4.49. The maximum absolute atomic E-state index is 11.8. The molecule has 1 N–H and O–H groups in total. The molecule has 23 heavy (non-hydrogen) atoms. The number of carbonyl (C=O) groups is 1. The Morgan fingerprint density at radius 3 is 2.43 bits per heavy atom. The molecule has 0 fully saturated rings. The van der Waals surface area contributed by atoms with Crippen LogP contribution >= 0.6 is 23.4 Å². The van der Waals surface area contributed by atoms with Crippen molar-refractivity contribution in [1.82, 2.24) is 5.43 Å². The molecule has 0 atom stereocenters. The molecule has 0 saturated carbocycles. The normalized spacial score (nSPS) is 11.3. The summed E-state index contributed by atoms with van der Waals surface area (Å²) in [6, 6.07) is 15.6. The van der Waals surface area contributed by atoms with Crippen molar-refractivity contribution in [3.8, 4) is 0 Å². The van der Waals surface area contributed by atoms with Crippen LogP contribution in [0, 0.1) is 6.92 Å². The SMILES string of the molecule is C/C(=N/NC(=O)CCSc1ccc(Cl)cc1)c1ccc(C)cc1. The van der Waals surface area contributed by atoms with E-state index in [0.717, 1.165) is 16.2 Å². The number of thioether (sulfide) groups is 1. The van der Waals surface area contributed by atoms with Gasteiger partial charge >= 0.3 is 0 Å². The van der Waals surface area contributed by atoms with E-state index in [1.54, 1.807) is 11.8 Å². The van der Waals surface area contributed by atoms with Gasteiger partial charge in [0.1, 0.15) is 0 Å². The van der Waals surface area contributed by atoms with E-state index < -0.39 is 0 Å². The van der Waals surface area contributed by atoms with Gasteiger partial charge in [-0.3, -0.25) is 4.79 Å². The summed E-state index contributed by atoms with van der Waals surface area (Å²) in [4.78, 5) is 12.9. The van der Waals surface area contributed by atoms with E-state index >= 15 is 0 Å². The number of rotatable bonds is 6. The maximum atomic E-state index is 11.8. The zero-order valence-corrected chi connectivity index (χ0v) is 14.7. The summed E-state index contributed by atoms with van der Waals surface area (Å²) < 4.78 is 0. The highest BCUT2D eigenvalue weighted by atomic mass is 35.5. The summed E-state index contributed by atoms with van der Waals surface area (Å²) in [7, 11) is 0. The fourth-order valence-corrected chi connectivity index (χ4v) is 2.83. The first-order chi connectivity index (χ1) is 11.0. The molecule has 2 rings (SSSR count). The minimum absolute atomic E-state index is 0.0853. The fourth-order valence-electron chi connectivity index (χ4n) is 1.85. The molecule has 0 aliphatic heterocycles. The van der Waals surface area contributed by atoms with Crippen molar-refractivity contribution in [2.24, 2.45) is 5.10 Å². The Kier molecular flexibility index (Phi) is 6.68. The van der Waals surface area contributed by atoms with Gasteiger partial charge in [0.15, 0.2) is 0 Å². The van der Waals surface area contributed by atoms with Crippen molar-refractivity contribution in [2.75, 3.05) is 5.75 Å². The zero-order valence-electron chi connectivity index (χ0n) is 13.2. The molecule has 0 bridgehead atoms. The molecular weight excluding hydrogens is 328 g/mol. The molecule has 0 unspecified atom stereocenters. The number of carbonyl (C=O) groups excluding carboxylic acids is 1. The van der Waals surface area contributed by atoms with E-state index in [4.69, 9.17) is 11.6 Å². The van der Waals surface area contributed by atoms with Crippen molar-refractivity contribution in [1.29, 1.82) is 0 Å². The number of hydrazone groups is 1. The standard InChI is InChI=1S/C18H19ClN2OS/c1-13-3-5-15(6-4-13)14(2)20-21-18(22)11-12-23-17-9-7-16(19)8-10-17/h3-10H,11-12H2,1-2H3,(H,21,22)/b20-14-. The van der Waals surface area contributed by atoms with Crippen molar-refractivity contribution < 1.29 is 4.79 Å². The van der Waals surface area contributed by atoms with E-state index in [2.05, 4.69) is 10.5 Å². The second-order valence-electron chi connectivity index (χ2n) is 5.15. The largest absolute Gasteiger partial charge is 0.273 e. The molecule has 1 amide bonds. The van der Waals surface area contributed by atoms with E-state index in [1.807, 2.05) is 62.4 Å². The quantitative estimate of drug-likeness (QED) is 0.469. The molecule has 0 aliphatic carbocycles. The van der Waals surface area contributed by atoms with Gasteiger partial charge in [0, 0.05) is 22.1 Å². The van der Waals surface area contributed by atoms with Crippen molar-refractivity contribution in [2.45, 2.75) is 25.2 Å². The summed E-state index contributed by atoms with van der Waals surface area (Å²) >= 11 is 7.46. The lowest BCUT2D eigenvalue weighted by molar-refractivity contribution is -0.120. The Labute approximate surface area is 146 Å². The fraction of sp³-hybridized carbons (Fsp3) is 0.222. The number of aryl methyl sites for hydroxylation is 1. The van der Waals surface area contributed by atoms with Crippen LogP contribution in [-0.4, -0.2) is 17.4 Å². The smallest absolute Gasteiger partial charge is 0.240 e. The van der Waals surface area contributed by atoms with Crippen molar-refractivity contribution in [3.63, 3.8) is 0 Å². The Balaban J connectivity index is 1.77. The van der Waals surface area contributed by atoms with Gasteiger partial charge in [-0.15, -0.1) is 11.8 Å². The highest BCUT2D eigenvalue weighted by Crippen LogP contribution is 2.20. The number of nitrogens with one attached hydrogen (secondary N) is 1. The molecule has 5 heteroatoms. The lowest BCUT2D eigenvalue weighted by Crippen LogP contribution is -2.19. The first-order valence-corrected chi connectivity index (χ1v) is 8.69. The Morgan fingerprint density at radius 2 is 1.78 bits per heavy atom. The van der Waals surface area contributed by atoms with Crippen LogP contribution in [0.15, 0.2) is 58.5 Å². The van der Waals surface area contributed by atoms with Gasteiger partial charge in [0.25, 0.3) is 0 Å². The van der Waals surface area contributed by atoms with Crippen molar-refractivity contribution in [3.05, 3.63) is 64.7 Å². The van der Waals surface area contributed by atoms with E-state index in [0.29, 0.717) is 17.2 Å². The Bertz CT molecular complexity index is 681. The molecule has 2 aromatic carbocycles. The predicted octanol–water partition coefficient (Wildman–Crippen LogP) is 4.67. The van der Waals surface area contributed by atoms with Gasteiger partial charge in [-0.1, -0.05) is 41.4 Å². The lowest BCUT2D eigenvalue weighted by Gasteiger charge is -2.04. The lowest BCUT2D eigenvalue weighted by atomic mass is 10.1. The number of nitrogens with zero attached hydrogens (tertiary/aromatic N) is 1. The second kappa shape index (κ2) is 8.75. The summed E-state index contributed by atoms with van der Waals surface area (Å²) in [6.45, 7) is 3.92. The number of hydrogen-bond donors (Lipinski definition) is 1. The average molecular weight is 347 g/mol. The van der Waals surface area contributed by atoms with E-state index in [1.165, 1.54) is 5.56 Å². The van der Waals surface area contributed by atoms with Crippen LogP contribution in [0.4, 0.5) is 0 Å². The minimum atomic E-state index is -0.0853. The first-order valence-electron chi connectivity index (χ1n) is 7.33. The molecule has 0 saturated heterocycles. The summed E-state index contributed by atoms with van der Waals surface area (Å²) in [6.07, 6.45) is 0.415. The number of benzene rings is 2. The molecule has 120 valence electrons. The van der Waals surface area contributed by atoms with Crippen LogP contribution in [0.25, 0.3) is 0 Å². The summed E-state index contributed by atoms with van der Waals surface area (Å²) in [5.41, 5.74) is 5.61. The average Bonchev–Trinajstić information content (AvgIpc) is 2.55. The van der Waals surface area contributed by atoms with Crippen LogP contribution in [0.1, 0.15) is 24.5 Å². The summed E-state index contributed by atoms with van der Waals surface area (Å²) in [5.74, 6) is 0.616. The van der Waals surface area contributed by atoms with Gasteiger partial charge in [-0.05, 0) is 43.7 Å². The molecule has 0 radical (unpaired) electrons. The number of halogens is 1. The number of hydrogen-bond acceptors (Lipinski definition) is 3. The molecule has 2 aromatic rings. The van der Waals surface area contributed by atoms with Crippen LogP contribution in [0.2, 0.25) is 5.02 Å². The maximum Gasteiger partial charge on any atom is 0.240 e. The van der Waals surface area contributed by atoms with Gasteiger partial charge in [0.05, 0.1) is 5.71 Å². The predicted molar refractivity (Wildman–Crippen MR) is 98.3 cm³/mol. The molecule has 3 nitrogen and oxygen atoms in total. The van der Waals surface area contributed by atoms with Crippen LogP contribution < -0.4 is 5.43 Å². The van der Waals surface area contributed by atoms with Gasteiger partial charge in [0.2, 0.25) is 5.91 Å². The van der Waals surface area contributed by atoms with Gasteiger partial charge in [-0.2, -0.15) is 5.10 Å².